The zero-order valence-corrected chi connectivity index (χ0v) is 14.5. The van der Waals surface area contributed by atoms with Crippen molar-refractivity contribution in [1.82, 2.24) is 10.5 Å². The Bertz CT molecular complexity index is 899. The number of nitrogens with zero attached hydrogens (tertiary/aromatic N) is 1. The molecule has 128 valence electrons. The van der Waals surface area contributed by atoms with E-state index in [0.29, 0.717) is 34.9 Å². The van der Waals surface area contributed by atoms with Crippen molar-refractivity contribution in [3.05, 3.63) is 70.9 Å². The minimum Gasteiger partial charge on any atom is -0.496 e. The van der Waals surface area contributed by atoms with Crippen molar-refractivity contribution < 1.29 is 14.1 Å². The maximum Gasteiger partial charge on any atom is 0.257 e. The molecule has 2 aromatic carbocycles. The van der Waals surface area contributed by atoms with Crippen LogP contribution in [0.1, 0.15) is 27.2 Å². The van der Waals surface area contributed by atoms with Gasteiger partial charge in [-0.15, -0.1) is 0 Å². The minimum absolute atomic E-state index is 0.221. The van der Waals surface area contributed by atoms with E-state index in [-0.39, 0.29) is 5.91 Å². The van der Waals surface area contributed by atoms with Crippen LogP contribution in [0.25, 0.3) is 11.3 Å². The topological polar surface area (TPSA) is 64.4 Å². The number of ether oxygens (including phenoxy) is 1. The van der Waals surface area contributed by atoms with Gasteiger partial charge >= 0.3 is 0 Å². The summed E-state index contributed by atoms with van der Waals surface area (Å²) in [6.45, 7) is 4.22. The molecule has 1 aromatic heterocycles. The van der Waals surface area contributed by atoms with Gasteiger partial charge in [0.25, 0.3) is 5.91 Å². The molecule has 0 bridgehead atoms. The van der Waals surface area contributed by atoms with Gasteiger partial charge in [0.15, 0.2) is 5.76 Å². The van der Waals surface area contributed by atoms with Crippen molar-refractivity contribution in [1.29, 1.82) is 0 Å². The molecule has 1 N–H and O–H groups in total. The highest BCUT2D eigenvalue weighted by Gasteiger charge is 2.23. The van der Waals surface area contributed by atoms with E-state index in [4.69, 9.17) is 9.26 Å². The summed E-state index contributed by atoms with van der Waals surface area (Å²) in [5.74, 6) is 0.823. The van der Waals surface area contributed by atoms with Gasteiger partial charge in [-0.2, -0.15) is 0 Å². The number of carbonyl (C=O) groups excluding carboxylic acids is 1. The molecular formula is C20H20N2O3. The Hall–Kier alpha value is -3.08. The zero-order valence-electron chi connectivity index (χ0n) is 14.5. The standard InChI is InChI=1S/C20H20N2O3/c1-13-7-6-8-15(11-13)12-21-20(23)18-14(2)22-25-19(18)16-9-4-5-10-17(16)24-3/h4-11H,12H2,1-3H3,(H,21,23). The number of nitrogens with one attached hydrogen (secondary N) is 1. The Balaban J connectivity index is 1.87. The largest absolute Gasteiger partial charge is 0.496 e. The lowest BCUT2D eigenvalue weighted by molar-refractivity contribution is 0.0950. The van der Waals surface area contributed by atoms with Crippen LogP contribution in [-0.4, -0.2) is 18.2 Å². The molecule has 1 amide bonds. The fourth-order valence-electron chi connectivity index (χ4n) is 2.75. The number of rotatable bonds is 5. The Morgan fingerprint density at radius 3 is 2.72 bits per heavy atom. The van der Waals surface area contributed by atoms with Gasteiger partial charge in [0, 0.05) is 6.54 Å². The molecule has 25 heavy (non-hydrogen) atoms. The molecule has 3 aromatic rings. The summed E-state index contributed by atoms with van der Waals surface area (Å²) >= 11 is 0. The molecule has 3 rings (SSSR count). The van der Waals surface area contributed by atoms with E-state index in [2.05, 4.69) is 10.5 Å². The summed E-state index contributed by atoms with van der Waals surface area (Å²) in [5, 5.41) is 6.90. The van der Waals surface area contributed by atoms with Crippen LogP contribution in [0, 0.1) is 13.8 Å². The van der Waals surface area contributed by atoms with E-state index < -0.39 is 0 Å². The maximum atomic E-state index is 12.7. The molecule has 5 heteroatoms. The zero-order chi connectivity index (χ0) is 17.8. The van der Waals surface area contributed by atoms with Crippen LogP contribution in [0.5, 0.6) is 5.75 Å². The first-order chi connectivity index (χ1) is 12.1. The highest BCUT2D eigenvalue weighted by atomic mass is 16.5. The van der Waals surface area contributed by atoms with Crippen LogP contribution in [0.2, 0.25) is 0 Å². The fourth-order valence-corrected chi connectivity index (χ4v) is 2.75. The van der Waals surface area contributed by atoms with E-state index in [1.54, 1.807) is 14.0 Å². The first kappa shape index (κ1) is 16.8. The van der Waals surface area contributed by atoms with E-state index >= 15 is 0 Å². The third-order valence-electron chi connectivity index (χ3n) is 3.98. The van der Waals surface area contributed by atoms with Crippen molar-refractivity contribution in [2.45, 2.75) is 20.4 Å². The first-order valence-electron chi connectivity index (χ1n) is 8.03. The van der Waals surface area contributed by atoms with Crippen LogP contribution in [0.3, 0.4) is 0 Å². The predicted molar refractivity (Wildman–Crippen MR) is 95.6 cm³/mol. The number of aromatic nitrogens is 1. The molecule has 1 heterocycles. The predicted octanol–water partition coefficient (Wildman–Crippen LogP) is 3.90. The Kier molecular flexibility index (Phi) is 4.84. The summed E-state index contributed by atoms with van der Waals surface area (Å²) in [7, 11) is 1.58. The van der Waals surface area contributed by atoms with Crippen LogP contribution in [0.15, 0.2) is 53.1 Å². The highest BCUT2D eigenvalue weighted by molar-refractivity contribution is 6.01. The van der Waals surface area contributed by atoms with E-state index in [1.165, 1.54) is 0 Å². The van der Waals surface area contributed by atoms with E-state index in [1.807, 2.05) is 55.5 Å². The SMILES string of the molecule is COc1ccccc1-c1onc(C)c1C(=O)NCc1cccc(C)c1. The molecule has 0 spiro atoms. The number of carbonyl (C=O) groups is 1. The van der Waals surface area contributed by atoms with Gasteiger partial charge in [-0.05, 0) is 31.5 Å². The molecule has 0 radical (unpaired) electrons. The maximum absolute atomic E-state index is 12.7. The Morgan fingerprint density at radius 2 is 1.96 bits per heavy atom. The van der Waals surface area contributed by atoms with Gasteiger partial charge < -0.3 is 14.6 Å². The normalized spacial score (nSPS) is 10.5. The summed E-state index contributed by atoms with van der Waals surface area (Å²) in [4.78, 5) is 12.7. The number of benzene rings is 2. The van der Waals surface area contributed by atoms with Gasteiger partial charge in [0.2, 0.25) is 0 Å². The van der Waals surface area contributed by atoms with Crippen molar-refractivity contribution >= 4 is 5.91 Å². The lowest BCUT2D eigenvalue weighted by Gasteiger charge is -2.09. The fraction of sp³-hybridized carbons (Fsp3) is 0.200. The molecular weight excluding hydrogens is 316 g/mol. The molecule has 0 atom stereocenters. The second kappa shape index (κ2) is 7.21. The number of aryl methyl sites for hydroxylation is 2. The van der Waals surface area contributed by atoms with Crippen LogP contribution < -0.4 is 10.1 Å². The van der Waals surface area contributed by atoms with Crippen molar-refractivity contribution in [2.75, 3.05) is 7.11 Å². The van der Waals surface area contributed by atoms with Crippen molar-refractivity contribution in [3.8, 4) is 17.1 Å². The van der Waals surface area contributed by atoms with Crippen LogP contribution in [0.4, 0.5) is 0 Å². The molecule has 0 fully saturated rings. The molecule has 0 aliphatic rings. The number of hydrogen-bond donors (Lipinski definition) is 1. The first-order valence-corrected chi connectivity index (χ1v) is 8.03. The van der Waals surface area contributed by atoms with Gasteiger partial charge in [-0.25, -0.2) is 0 Å². The summed E-state index contributed by atoms with van der Waals surface area (Å²) in [5.41, 5.74) is 3.87. The Labute approximate surface area is 146 Å². The number of amides is 1. The molecule has 0 aliphatic heterocycles. The number of methoxy groups -OCH3 is 1. The minimum atomic E-state index is -0.221. The van der Waals surface area contributed by atoms with Crippen LogP contribution in [-0.2, 0) is 6.54 Å². The molecule has 0 unspecified atom stereocenters. The second-order valence-corrected chi connectivity index (χ2v) is 5.84. The quantitative estimate of drug-likeness (QED) is 0.767. The lowest BCUT2D eigenvalue weighted by Crippen LogP contribution is -2.23. The smallest absolute Gasteiger partial charge is 0.257 e. The molecule has 0 saturated carbocycles. The van der Waals surface area contributed by atoms with Gasteiger partial charge in [0.1, 0.15) is 11.3 Å². The Morgan fingerprint density at radius 1 is 1.16 bits per heavy atom. The summed E-state index contributed by atoms with van der Waals surface area (Å²) in [6.07, 6.45) is 0. The number of hydrogen-bond acceptors (Lipinski definition) is 4. The molecule has 0 saturated heterocycles. The monoisotopic (exact) mass is 336 g/mol. The number of para-hydroxylation sites is 1. The van der Waals surface area contributed by atoms with Gasteiger partial charge in [-0.3, -0.25) is 4.79 Å². The van der Waals surface area contributed by atoms with Gasteiger partial charge in [-0.1, -0.05) is 47.1 Å². The second-order valence-electron chi connectivity index (χ2n) is 5.84. The van der Waals surface area contributed by atoms with Gasteiger partial charge in [0.05, 0.1) is 18.4 Å². The highest BCUT2D eigenvalue weighted by Crippen LogP contribution is 2.33. The molecule has 5 nitrogen and oxygen atoms in total. The third kappa shape index (κ3) is 3.55. The average Bonchev–Trinajstić information content (AvgIpc) is 3.01. The lowest BCUT2D eigenvalue weighted by atomic mass is 10.0. The van der Waals surface area contributed by atoms with E-state index in [0.717, 1.165) is 11.1 Å². The molecule has 0 aliphatic carbocycles. The summed E-state index contributed by atoms with van der Waals surface area (Å²) < 4.78 is 10.8. The van der Waals surface area contributed by atoms with E-state index in [9.17, 15) is 4.79 Å². The third-order valence-corrected chi connectivity index (χ3v) is 3.98. The van der Waals surface area contributed by atoms with Crippen molar-refractivity contribution in [3.63, 3.8) is 0 Å². The average molecular weight is 336 g/mol. The summed E-state index contributed by atoms with van der Waals surface area (Å²) in [6, 6.07) is 15.4. The van der Waals surface area contributed by atoms with Crippen LogP contribution >= 0.6 is 0 Å². The van der Waals surface area contributed by atoms with Crippen molar-refractivity contribution in [2.24, 2.45) is 0 Å².